The van der Waals surface area contributed by atoms with E-state index in [1.165, 1.54) is 0 Å². The average Bonchev–Trinajstić information content (AvgIpc) is 2.38. The Morgan fingerprint density at radius 3 is 2.30 bits per heavy atom. The summed E-state index contributed by atoms with van der Waals surface area (Å²) in [5.41, 5.74) is 7.23. The molecule has 0 aromatic heterocycles. The van der Waals surface area contributed by atoms with E-state index in [0.29, 0.717) is 22.5 Å². The zero-order valence-corrected chi connectivity index (χ0v) is 13.7. The minimum atomic E-state index is 0.0522. The maximum Gasteiger partial charge on any atom is 0.122 e. The molecule has 1 aromatic carbocycles. The highest BCUT2D eigenvalue weighted by molar-refractivity contribution is 6.33. The van der Waals surface area contributed by atoms with Crippen molar-refractivity contribution in [3.05, 3.63) is 28.8 Å². The molecule has 1 aromatic rings. The lowest BCUT2D eigenvalue weighted by atomic mass is 10.1. The van der Waals surface area contributed by atoms with Gasteiger partial charge in [0.25, 0.3) is 0 Å². The Bertz CT molecular complexity index is 453. The third-order valence-electron chi connectivity index (χ3n) is 3.51. The molecule has 0 spiro atoms. The van der Waals surface area contributed by atoms with Crippen LogP contribution in [0.1, 0.15) is 46.1 Å². The maximum atomic E-state index is 7.49. The summed E-state index contributed by atoms with van der Waals surface area (Å²) in [5, 5.41) is 8.16. The van der Waals surface area contributed by atoms with Crippen LogP contribution in [-0.4, -0.2) is 18.4 Å². The van der Waals surface area contributed by atoms with Crippen LogP contribution in [0.25, 0.3) is 0 Å². The van der Waals surface area contributed by atoms with E-state index in [-0.39, 0.29) is 5.84 Å². The van der Waals surface area contributed by atoms with E-state index in [1.54, 1.807) is 6.07 Å². The second kappa shape index (κ2) is 7.53. The Hall–Kier alpha value is -1.22. The molecule has 0 aliphatic rings. The molecule has 3 nitrogen and oxygen atoms in total. The first-order valence-electron chi connectivity index (χ1n) is 7.31. The molecule has 0 saturated carbocycles. The molecular formula is C16H26ClN3. The normalized spacial score (nSPS) is 11.2. The number of amidine groups is 1. The lowest BCUT2D eigenvalue weighted by Gasteiger charge is -2.35. The van der Waals surface area contributed by atoms with Crippen molar-refractivity contribution in [3.63, 3.8) is 0 Å². The Balaban J connectivity index is 3.16. The second-order valence-corrected chi connectivity index (χ2v) is 6.00. The average molecular weight is 296 g/mol. The summed E-state index contributed by atoms with van der Waals surface area (Å²) in [6, 6.07) is 6.13. The largest absolute Gasteiger partial charge is 0.384 e. The minimum Gasteiger partial charge on any atom is -0.384 e. The van der Waals surface area contributed by atoms with Gasteiger partial charge in [0.05, 0.1) is 10.7 Å². The molecule has 1 rings (SSSR count). The number of nitrogens with one attached hydrogen (secondary N) is 1. The van der Waals surface area contributed by atoms with Crippen molar-refractivity contribution in [1.29, 1.82) is 5.41 Å². The Kier molecular flexibility index (Phi) is 6.34. The predicted molar refractivity (Wildman–Crippen MR) is 89.0 cm³/mol. The molecule has 0 fully saturated rings. The molecule has 0 saturated heterocycles. The van der Waals surface area contributed by atoms with Gasteiger partial charge in [-0.1, -0.05) is 39.3 Å². The van der Waals surface area contributed by atoms with Gasteiger partial charge >= 0.3 is 0 Å². The second-order valence-electron chi connectivity index (χ2n) is 5.60. The van der Waals surface area contributed by atoms with Crippen molar-refractivity contribution >= 4 is 23.1 Å². The number of nitrogens with zero attached hydrogens (tertiary/aromatic N) is 1. The van der Waals surface area contributed by atoms with Gasteiger partial charge in [0.15, 0.2) is 0 Å². The molecule has 0 radical (unpaired) electrons. The van der Waals surface area contributed by atoms with E-state index in [1.807, 2.05) is 12.1 Å². The number of nitrogen functional groups attached to an aromatic ring is 1. The van der Waals surface area contributed by atoms with Crippen LogP contribution in [-0.2, 0) is 0 Å². The van der Waals surface area contributed by atoms with Gasteiger partial charge in [-0.05, 0) is 37.0 Å². The number of benzene rings is 1. The van der Waals surface area contributed by atoms with Crippen LogP contribution in [0.15, 0.2) is 18.2 Å². The summed E-state index contributed by atoms with van der Waals surface area (Å²) in [4.78, 5) is 2.39. The Morgan fingerprint density at radius 2 is 1.90 bits per heavy atom. The molecule has 0 aliphatic heterocycles. The Labute approximate surface area is 127 Å². The molecule has 0 amide bonds. The zero-order chi connectivity index (χ0) is 15.3. The first-order chi connectivity index (χ1) is 9.40. The number of hydrogen-bond acceptors (Lipinski definition) is 2. The van der Waals surface area contributed by atoms with Crippen molar-refractivity contribution in [1.82, 2.24) is 0 Å². The van der Waals surface area contributed by atoms with Crippen LogP contribution >= 0.6 is 11.6 Å². The quantitative estimate of drug-likeness (QED) is 0.583. The summed E-state index contributed by atoms with van der Waals surface area (Å²) in [6.07, 6.45) is 2.18. The van der Waals surface area contributed by atoms with Crippen molar-refractivity contribution < 1.29 is 0 Å². The molecule has 3 N–H and O–H groups in total. The highest BCUT2D eigenvalue weighted by Gasteiger charge is 2.19. The van der Waals surface area contributed by atoms with E-state index < -0.39 is 0 Å². The molecule has 0 bridgehead atoms. The van der Waals surface area contributed by atoms with Gasteiger partial charge in [-0.3, -0.25) is 5.41 Å². The zero-order valence-electron chi connectivity index (χ0n) is 12.9. The third kappa shape index (κ3) is 4.14. The smallest absolute Gasteiger partial charge is 0.122 e. The number of halogens is 1. The van der Waals surface area contributed by atoms with Crippen LogP contribution in [0.5, 0.6) is 0 Å². The lowest BCUT2D eigenvalue weighted by molar-refractivity contribution is 0.507. The van der Waals surface area contributed by atoms with Gasteiger partial charge in [-0.15, -0.1) is 0 Å². The lowest BCUT2D eigenvalue weighted by Crippen LogP contribution is -2.37. The topological polar surface area (TPSA) is 53.1 Å². The monoisotopic (exact) mass is 295 g/mol. The summed E-state index contributed by atoms with van der Waals surface area (Å²) in [5.74, 6) is 0.621. The Morgan fingerprint density at radius 1 is 1.30 bits per heavy atom. The number of nitrogens with two attached hydrogens (primary N) is 1. The highest BCUT2D eigenvalue weighted by atomic mass is 35.5. The first-order valence-corrected chi connectivity index (χ1v) is 7.69. The van der Waals surface area contributed by atoms with Crippen LogP contribution in [0.3, 0.4) is 0 Å². The van der Waals surface area contributed by atoms with E-state index in [0.717, 1.165) is 25.1 Å². The summed E-state index contributed by atoms with van der Waals surface area (Å²) >= 11 is 6.42. The van der Waals surface area contributed by atoms with Gasteiger partial charge in [0.2, 0.25) is 0 Å². The van der Waals surface area contributed by atoms with Crippen molar-refractivity contribution in [2.24, 2.45) is 11.7 Å². The SMILES string of the molecule is CCC(CC)N(CC(C)C)c1ccc(C(=N)N)cc1Cl. The van der Waals surface area contributed by atoms with Gasteiger partial charge in [0.1, 0.15) is 5.84 Å². The van der Waals surface area contributed by atoms with Crippen LogP contribution in [0, 0.1) is 11.3 Å². The third-order valence-corrected chi connectivity index (χ3v) is 3.82. The summed E-state index contributed by atoms with van der Waals surface area (Å²) < 4.78 is 0. The van der Waals surface area contributed by atoms with Crippen LogP contribution in [0.4, 0.5) is 5.69 Å². The number of anilines is 1. The number of rotatable bonds is 7. The van der Waals surface area contributed by atoms with Gasteiger partial charge in [-0.2, -0.15) is 0 Å². The summed E-state index contributed by atoms with van der Waals surface area (Å²) in [7, 11) is 0. The van der Waals surface area contributed by atoms with E-state index in [9.17, 15) is 0 Å². The molecular weight excluding hydrogens is 270 g/mol. The van der Waals surface area contributed by atoms with E-state index in [4.69, 9.17) is 22.7 Å². The van der Waals surface area contributed by atoms with E-state index in [2.05, 4.69) is 32.6 Å². The molecule has 0 atom stereocenters. The maximum absolute atomic E-state index is 7.49. The standard InChI is InChI=1S/C16H26ClN3/c1-5-13(6-2)20(10-11(3)4)15-8-7-12(16(18)19)9-14(15)17/h7-9,11,13H,5-6,10H2,1-4H3,(H3,18,19). The van der Waals surface area contributed by atoms with Gasteiger partial charge < -0.3 is 10.6 Å². The predicted octanol–water partition coefficient (Wildman–Crippen LogP) is 4.28. The van der Waals surface area contributed by atoms with Crippen molar-refractivity contribution in [2.75, 3.05) is 11.4 Å². The molecule has 0 heterocycles. The van der Waals surface area contributed by atoms with Crippen molar-refractivity contribution in [3.8, 4) is 0 Å². The highest BCUT2D eigenvalue weighted by Crippen LogP contribution is 2.30. The summed E-state index contributed by atoms with van der Waals surface area (Å²) in [6.45, 7) is 9.82. The first kappa shape index (κ1) is 16.8. The fraction of sp³-hybridized carbons (Fsp3) is 0.562. The molecule has 0 aliphatic carbocycles. The number of hydrogen-bond donors (Lipinski definition) is 2. The minimum absolute atomic E-state index is 0.0522. The van der Waals surface area contributed by atoms with Crippen LogP contribution in [0.2, 0.25) is 5.02 Å². The molecule has 0 unspecified atom stereocenters. The molecule has 20 heavy (non-hydrogen) atoms. The van der Waals surface area contributed by atoms with E-state index >= 15 is 0 Å². The van der Waals surface area contributed by atoms with Crippen molar-refractivity contribution in [2.45, 2.75) is 46.6 Å². The van der Waals surface area contributed by atoms with Gasteiger partial charge in [0, 0.05) is 18.2 Å². The fourth-order valence-electron chi connectivity index (χ4n) is 2.47. The molecule has 112 valence electrons. The molecule has 4 heteroatoms. The fourth-order valence-corrected chi connectivity index (χ4v) is 2.76. The van der Waals surface area contributed by atoms with Gasteiger partial charge in [-0.25, -0.2) is 0 Å². The van der Waals surface area contributed by atoms with Crippen LogP contribution < -0.4 is 10.6 Å².